The van der Waals surface area contributed by atoms with Crippen LogP contribution in [0.25, 0.3) is 0 Å². The highest BCUT2D eigenvalue weighted by Gasteiger charge is 2.19. The predicted molar refractivity (Wildman–Crippen MR) is 49.3 cm³/mol. The summed E-state index contributed by atoms with van der Waals surface area (Å²) in [5.41, 5.74) is 1.42. The molecule has 1 aromatic rings. The lowest BCUT2D eigenvalue weighted by molar-refractivity contribution is 0.414. The number of methoxy groups -OCH3 is 1. The van der Waals surface area contributed by atoms with E-state index in [0.717, 1.165) is 5.75 Å². The minimum atomic E-state index is 0.705. The second kappa shape index (κ2) is 3.18. The molecule has 1 aromatic carbocycles. The van der Waals surface area contributed by atoms with Gasteiger partial charge in [0.25, 0.3) is 0 Å². The Morgan fingerprint density at radius 1 is 1.25 bits per heavy atom. The standard InChI is InChI=1S/C11H13O/c1-12-11-7-5-10(6-8-11)9-3-2-4-9/h3,5-9H,2,4H2,1H3. The molecule has 1 saturated carbocycles. The fourth-order valence-corrected chi connectivity index (χ4v) is 1.49. The van der Waals surface area contributed by atoms with Crippen molar-refractivity contribution < 1.29 is 4.74 Å². The van der Waals surface area contributed by atoms with Crippen LogP contribution in [0.3, 0.4) is 0 Å². The van der Waals surface area contributed by atoms with E-state index in [1.807, 2.05) is 12.1 Å². The average Bonchev–Trinajstić information content (AvgIpc) is 2.03. The number of rotatable bonds is 2. The van der Waals surface area contributed by atoms with Gasteiger partial charge in [-0.3, -0.25) is 0 Å². The Morgan fingerprint density at radius 2 is 1.92 bits per heavy atom. The first kappa shape index (κ1) is 7.66. The van der Waals surface area contributed by atoms with Crippen LogP contribution >= 0.6 is 0 Å². The Kier molecular flexibility index (Phi) is 2.03. The molecule has 0 aromatic heterocycles. The lowest BCUT2D eigenvalue weighted by Gasteiger charge is -2.25. The molecule has 0 N–H and O–H groups in total. The Labute approximate surface area is 73.4 Å². The summed E-state index contributed by atoms with van der Waals surface area (Å²) in [6.45, 7) is 0. The first-order valence-electron chi connectivity index (χ1n) is 4.37. The molecule has 0 bridgehead atoms. The van der Waals surface area contributed by atoms with Crippen LogP contribution in [0.5, 0.6) is 5.75 Å². The van der Waals surface area contributed by atoms with Gasteiger partial charge in [-0.1, -0.05) is 12.1 Å². The molecule has 63 valence electrons. The summed E-state index contributed by atoms with van der Waals surface area (Å²) in [5, 5.41) is 0. The summed E-state index contributed by atoms with van der Waals surface area (Å²) >= 11 is 0. The Bertz CT molecular complexity index is 246. The topological polar surface area (TPSA) is 9.23 Å². The maximum absolute atomic E-state index is 5.09. The van der Waals surface area contributed by atoms with Crippen LogP contribution in [0, 0.1) is 6.42 Å². The first-order chi connectivity index (χ1) is 5.90. The number of ether oxygens (including phenoxy) is 1. The van der Waals surface area contributed by atoms with Crippen molar-refractivity contribution in [1.82, 2.24) is 0 Å². The van der Waals surface area contributed by atoms with Gasteiger partial charge in [0.2, 0.25) is 0 Å². The molecular weight excluding hydrogens is 148 g/mol. The lowest BCUT2D eigenvalue weighted by Crippen LogP contribution is -2.09. The second-order valence-corrected chi connectivity index (χ2v) is 3.19. The first-order valence-corrected chi connectivity index (χ1v) is 4.37. The third kappa shape index (κ3) is 1.31. The smallest absolute Gasteiger partial charge is 0.118 e. The quantitative estimate of drug-likeness (QED) is 0.648. The molecule has 1 nitrogen and oxygen atoms in total. The van der Waals surface area contributed by atoms with Crippen molar-refractivity contribution in [3.8, 4) is 5.75 Å². The Balaban J connectivity index is 2.13. The van der Waals surface area contributed by atoms with E-state index in [-0.39, 0.29) is 0 Å². The molecule has 0 saturated heterocycles. The normalized spacial score (nSPS) is 17.1. The molecule has 1 radical (unpaired) electrons. The van der Waals surface area contributed by atoms with Crippen molar-refractivity contribution >= 4 is 0 Å². The van der Waals surface area contributed by atoms with Crippen molar-refractivity contribution in [3.05, 3.63) is 36.2 Å². The van der Waals surface area contributed by atoms with Gasteiger partial charge in [0.1, 0.15) is 5.75 Å². The van der Waals surface area contributed by atoms with Gasteiger partial charge < -0.3 is 4.74 Å². The molecule has 0 aliphatic heterocycles. The molecule has 0 heterocycles. The molecule has 12 heavy (non-hydrogen) atoms. The Hall–Kier alpha value is -0.980. The number of benzene rings is 1. The van der Waals surface area contributed by atoms with Crippen LogP contribution in [0.2, 0.25) is 0 Å². The summed E-state index contributed by atoms with van der Waals surface area (Å²) in [6.07, 6.45) is 4.95. The lowest BCUT2D eigenvalue weighted by atomic mass is 9.80. The maximum atomic E-state index is 5.09. The van der Waals surface area contributed by atoms with E-state index >= 15 is 0 Å². The van der Waals surface area contributed by atoms with Crippen LogP contribution in [0.1, 0.15) is 24.3 Å². The monoisotopic (exact) mass is 161 g/mol. The average molecular weight is 161 g/mol. The van der Waals surface area contributed by atoms with Gasteiger partial charge >= 0.3 is 0 Å². The van der Waals surface area contributed by atoms with Crippen molar-refractivity contribution in [3.63, 3.8) is 0 Å². The van der Waals surface area contributed by atoms with Gasteiger partial charge in [-0.15, -0.1) is 0 Å². The second-order valence-electron chi connectivity index (χ2n) is 3.19. The van der Waals surface area contributed by atoms with Gasteiger partial charge in [0.05, 0.1) is 7.11 Å². The summed E-state index contributed by atoms with van der Waals surface area (Å²) in [4.78, 5) is 0. The highest BCUT2D eigenvalue weighted by molar-refractivity contribution is 5.32. The van der Waals surface area contributed by atoms with E-state index in [2.05, 4.69) is 18.6 Å². The minimum absolute atomic E-state index is 0.705. The highest BCUT2D eigenvalue weighted by Crippen LogP contribution is 2.35. The van der Waals surface area contributed by atoms with E-state index in [1.54, 1.807) is 7.11 Å². The minimum Gasteiger partial charge on any atom is -0.497 e. The fraction of sp³-hybridized carbons (Fsp3) is 0.364. The summed E-state index contributed by atoms with van der Waals surface area (Å²) in [7, 11) is 1.70. The molecule has 0 amide bonds. The van der Waals surface area contributed by atoms with Crippen LogP contribution in [0.15, 0.2) is 24.3 Å². The zero-order valence-corrected chi connectivity index (χ0v) is 7.29. The van der Waals surface area contributed by atoms with Crippen LogP contribution in [-0.2, 0) is 0 Å². The third-order valence-corrected chi connectivity index (χ3v) is 2.47. The van der Waals surface area contributed by atoms with Gasteiger partial charge in [-0.2, -0.15) is 0 Å². The van der Waals surface area contributed by atoms with Crippen LogP contribution in [0.4, 0.5) is 0 Å². The van der Waals surface area contributed by atoms with Gasteiger partial charge in [-0.05, 0) is 42.9 Å². The molecular formula is C11H13O. The van der Waals surface area contributed by atoms with E-state index in [1.165, 1.54) is 18.4 Å². The summed E-state index contributed by atoms with van der Waals surface area (Å²) in [6, 6.07) is 8.36. The molecule has 2 rings (SSSR count). The largest absolute Gasteiger partial charge is 0.497 e. The van der Waals surface area contributed by atoms with Crippen molar-refractivity contribution in [1.29, 1.82) is 0 Å². The number of hydrogen-bond donors (Lipinski definition) is 0. The SMILES string of the molecule is COc1ccc(C2[CH]CC2)cc1. The summed E-state index contributed by atoms with van der Waals surface area (Å²) in [5.74, 6) is 1.65. The van der Waals surface area contributed by atoms with Crippen molar-refractivity contribution in [2.45, 2.75) is 18.8 Å². The zero-order valence-electron chi connectivity index (χ0n) is 7.29. The molecule has 1 fully saturated rings. The number of hydrogen-bond acceptors (Lipinski definition) is 1. The predicted octanol–water partition coefficient (Wildman–Crippen LogP) is 2.78. The molecule has 1 unspecified atom stereocenters. The van der Waals surface area contributed by atoms with E-state index < -0.39 is 0 Å². The maximum Gasteiger partial charge on any atom is 0.118 e. The van der Waals surface area contributed by atoms with Gasteiger partial charge in [0, 0.05) is 0 Å². The molecule has 0 spiro atoms. The van der Waals surface area contributed by atoms with Crippen molar-refractivity contribution in [2.24, 2.45) is 0 Å². The molecule has 1 aliphatic carbocycles. The van der Waals surface area contributed by atoms with Crippen LogP contribution in [-0.4, -0.2) is 7.11 Å². The highest BCUT2D eigenvalue weighted by atomic mass is 16.5. The Morgan fingerprint density at radius 3 is 2.33 bits per heavy atom. The molecule has 1 aliphatic rings. The van der Waals surface area contributed by atoms with Crippen LogP contribution < -0.4 is 4.74 Å². The third-order valence-electron chi connectivity index (χ3n) is 2.47. The fourth-order valence-electron chi connectivity index (χ4n) is 1.49. The van der Waals surface area contributed by atoms with E-state index in [0.29, 0.717) is 5.92 Å². The summed E-state index contributed by atoms with van der Waals surface area (Å²) < 4.78 is 5.09. The van der Waals surface area contributed by atoms with E-state index in [4.69, 9.17) is 4.74 Å². The molecule has 1 heteroatoms. The van der Waals surface area contributed by atoms with Crippen molar-refractivity contribution in [2.75, 3.05) is 7.11 Å². The molecule has 1 atom stereocenters. The van der Waals surface area contributed by atoms with Gasteiger partial charge in [0.15, 0.2) is 0 Å². The zero-order chi connectivity index (χ0) is 8.39. The van der Waals surface area contributed by atoms with Gasteiger partial charge in [-0.25, -0.2) is 0 Å². The van der Waals surface area contributed by atoms with E-state index in [9.17, 15) is 0 Å².